The van der Waals surface area contributed by atoms with Gasteiger partial charge in [-0.25, -0.2) is 0 Å². The Hall–Kier alpha value is -0.960. The van der Waals surface area contributed by atoms with E-state index in [9.17, 15) is 9.00 Å². The van der Waals surface area contributed by atoms with Crippen LogP contribution in [0.25, 0.3) is 0 Å². The molecule has 3 heteroatoms. The van der Waals surface area contributed by atoms with Crippen LogP contribution in [0.4, 0.5) is 0 Å². The molecule has 0 saturated heterocycles. The Morgan fingerprint density at radius 3 is 2.25 bits per heavy atom. The summed E-state index contributed by atoms with van der Waals surface area (Å²) in [4.78, 5) is 11.7. The van der Waals surface area contributed by atoms with E-state index in [1.165, 1.54) is 0 Å². The van der Waals surface area contributed by atoms with Crippen LogP contribution in [0.15, 0.2) is 30.3 Å². The van der Waals surface area contributed by atoms with Crippen LogP contribution in [-0.4, -0.2) is 15.7 Å². The fourth-order valence-electron chi connectivity index (χ4n) is 1.17. The van der Waals surface area contributed by atoms with E-state index in [1.54, 1.807) is 0 Å². The summed E-state index contributed by atoms with van der Waals surface area (Å²) >= 11 is 0. The van der Waals surface area contributed by atoms with E-state index < -0.39 is 16.2 Å². The number of carbonyl (C=O) groups is 1. The van der Waals surface area contributed by atoms with Gasteiger partial charge < -0.3 is 0 Å². The molecule has 0 saturated carbocycles. The van der Waals surface area contributed by atoms with Gasteiger partial charge >= 0.3 is 0 Å². The van der Waals surface area contributed by atoms with Gasteiger partial charge in [-0.2, -0.15) is 0 Å². The number of ketones is 1. The molecular formula is C13H18O2S. The first-order valence-corrected chi connectivity index (χ1v) is 6.80. The number of Topliss-reactive ketones (excluding diaryl/α,β-unsaturated/α-hetero) is 1. The monoisotopic (exact) mass is 238 g/mol. The summed E-state index contributed by atoms with van der Waals surface area (Å²) in [6.07, 6.45) is 0. The van der Waals surface area contributed by atoms with Crippen molar-refractivity contribution in [2.45, 2.75) is 26.5 Å². The molecule has 16 heavy (non-hydrogen) atoms. The van der Waals surface area contributed by atoms with E-state index in [0.29, 0.717) is 5.75 Å². The van der Waals surface area contributed by atoms with Gasteiger partial charge in [0.1, 0.15) is 0 Å². The predicted octanol–water partition coefficient (Wildman–Crippen LogP) is 2.55. The van der Waals surface area contributed by atoms with Crippen molar-refractivity contribution in [1.29, 1.82) is 0 Å². The standard InChI is InChI=1S/C13H18O2S/c1-13(2,3)12(14)10-16(15)9-11-7-5-4-6-8-11/h4-8H,9-10H2,1-3H3. The molecule has 0 aromatic heterocycles. The first-order chi connectivity index (χ1) is 7.39. The largest absolute Gasteiger partial charge is 0.298 e. The number of hydrogen-bond acceptors (Lipinski definition) is 2. The molecule has 2 nitrogen and oxygen atoms in total. The molecule has 88 valence electrons. The molecule has 0 aliphatic heterocycles. The highest BCUT2D eigenvalue weighted by Gasteiger charge is 2.22. The van der Waals surface area contributed by atoms with Gasteiger partial charge in [0.15, 0.2) is 5.78 Å². The highest BCUT2D eigenvalue weighted by atomic mass is 32.2. The highest BCUT2D eigenvalue weighted by Crippen LogP contribution is 2.15. The molecule has 0 bridgehead atoms. The average molecular weight is 238 g/mol. The number of rotatable bonds is 4. The second-order valence-corrected chi connectivity index (χ2v) is 6.34. The summed E-state index contributed by atoms with van der Waals surface area (Å²) in [6, 6.07) is 9.61. The SMILES string of the molecule is CC(C)(C)C(=O)CS(=O)Cc1ccccc1. The van der Waals surface area contributed by atoms with E-state index in [-0.39, 0.29) is 11.5 Å². The van der Waals surface area contributed by atoms with Crippen molar-refractivity contribution in [2.75, 3.05) is 5.75 Å². The van der Waals surface area contributed by atoms with E-state index in [4.69, 9.17) is 0 Å². The molecular weight excluding hydrogens is 220 g/mol. The van der Waals surface area contributed by atoms with Crippen molar-refractivity contribution in [2.24, 2.45) is 5.41 Å². The Kier molecular flexibility index (Phi) is 4.42. The van der Waals surface area contributed by atoms with Crippen LogP contribution in [0.2, 0.25) is 0 Å². The van der Waals surface area contributed by atoms with Crippen LogP contribution in [0.3, 0.4) is 0 Å². The molecule has 0 N–H and O–H groups in total. The van der Waals surface area contributed by atoms with Gasteiger partial charge in [0, 0.05) is 22.0 Å². The molecule has 1 aromatic rings. The summed E-state index contributed by atoms with van der Waals surface area (Å²) < 4.78 is 11.8. The Morgan fingerprint density at radius 1 is 1.19 bits per heavy atom. The Bertz CT molecular complexity index is 377. The second kappa shape index (κ2) is 5.39. The van der Waals surface area contributed by atoms with Crippen LogP contribution in [0.1, 0.15) is 26.3 Å². The zero-order valence-corrected chi connectivity index (χ0v) is 10.8. The van der Waals surface area contributed by atoms with Gasteiger partial charge in [0.2, 0.25) is 0 Å². The predicted molar refractivity (Wildman–Crippen MR) is 67.6 cm³/mol. The lowest BCUT2D eigenvalue weighted by atomic mass is 9.92. The summed E-state index contributed by atoms with van der Waals surface area (Å²) in [5.41, 5.74) is 0.620. The minimum absolute atomic E-state index is 0.0572. The Balaban J connectivity index is 2.52. The van der Waals surface area contributed by atoms with Crippen LogP contribution in [-0.2, 0) is 21.3 Å². The average Bonchev–Trinajstić information content (AvgIpc) is 2.17. The molecule has 0 radical (unpaired) electrons. The maximum absolute atomic E-state index is 11.8. The normalized spacial score (nSPS) is 13.4. The van der Waals surface area contributed by atoms with Crippen molar-refractivity contribution in [3.8, 4) is 0 Å². The molecule has 1 unspecified atom stereocenters. The lowest BCUT2D eigenvalue weighted by Gasteiger charge is -2.15. The zero-order valence-electron chi connectivity index (χ0n) is 10.0. The van der Waals surface area contributed by atoms with E-state index in [0.717, 1.165) is 5.56 Å². The summed E-state index contributed by atoms with van der Waals surface area (Å²) in [7, 11) is -1.10. The van der Waals surface area contributed by atoms with Crippen molar-refractivity contribution in [3.05, 3.63) is 35.9 Å². The van der Waals surface area contributed by atoms with E-state index in [2.05, 4.69) is 0 Å². The van der Waals surface area contributed by atoms with Crippen molar-refractivity contribution < 1.29 is 9.00 Å². The Morgan fingerprint density at radius 2 is 1.75 bits per heavy atom. The van der Waals surface area contributed by atoms with E-state index >= 15 is 0 Å². The second-order valence-electron chi connectivity index (χ2n) is 4.89. The van der Waals surface area contributed by atoms with E-state index in [1.807, 2.05) is 51.1 Å². The topological polar surface area (TPSA) is 34.1 Å². The minimum atomic E-state index is -1.10. The maximum Gasteiger partial charge on any atom is 0.150 e. The van der Waals surface area contributed by atoms with Crippen molar-refractivity contribution in [1.82, 2.24) is 0 Å². The van der Waals surface area contributed by atoms with Gasteiger partial charge in [-0.05, 0) is 5.56 Å². The quantitative estimate of drug-likeness (QED) is 0.808. The van der Waals surface area contributed by atoms with Gasteiger partial charge in [-0.3, -0.25) is 9.00 Å². The highest BCUT2D eigenvalue weighted by molar-refractivity contribution is 7.84. The van der Waals surface area contributed by atoms with Crippen molar-refractivity contribution >= 4 is 16.6 Å². The third-order valence-corrected chi connectivity index (χ3v) is 3.54. The van der Waals surface area contributed by atoms with Gasteiger partial charge in [0.05, 0.1) is 5.75 Å². The fraction of sp³-hybridized carbons (Fsp3) is 0.462. The molecule has 1 aromatic carbocycles. The third kappa shape index (κ3) is 4.27. The first-order valence-electron chi connectivity index (χ1n) is 5.32. The molecule has 0 amide bonds. The summed E-state index contributed by atoms with van der Waals surface area (Å²) in [5, 5.41) is 0. The number of hydrogen-bond donors (Lipinski definition) is 0. The van der Waals surface area contributed by atoms with Crippen molar-refractivity contribution in [3.63, 3.8) is 0 Å². The third-order valence-electron chi connectivity index (χ3n) is 2.30. The van der Waals surface area contributed by atoms with Gasteiger partial charge in [0.25, 0.3) is 0 Å². The summed E-state index contributed by atoms with van der Waals surface area (Å²) in [5.74, 6) is 0.669. The minimum Gasteiger partial charge on any atom is -0.298 e. The zero-order chi connectivity index (χ0) is 12.2. The molecule has 0 aliphatic rings. The van der Waals surface area contributed by atoms with Gasteiger partial charge in [-0.1, -0.05) is 51.1 Å². The van der Waals surface area contributed by atoms with Crippen LogP contribution < -0.4 is 0 Å². The molecule has 1 rings (SSSR count). The molecule has 0 fully saturated rings. The lowest BCUT2D eigenvalue weighted by molar-refractivity contribution is -0.123. The first kappa shape index (κ1) is 13.1. The van der Waals surface area contributed by atoms with Crippen LogP contribution in [0, 0.1) is 5.41 Å². The smallest absolute Gasteiger partial charge is 0.150 e. The number of benzene rings is 1. The summed E-state index contributed by atoms with van der Waals surface area (Å²) in [6.45, 7) is 5.57. The molecule has 0 aliphatic carbocycles. The lowest BCUT2D eigenvalue weighted by Crippen LogP contribution is -2.26. The van der Waals surface area contributed by atoms with Crippen LogP contribution in [0.5, 0.6) is 0 Å². The number of carbonyl (C=O) groups excluding carboxylic acids is 1. The molecule has 1 atom stereocenters. The van der Waals surface area contributed by atoms with Gasteiger partial charge in [-0.15, -0.1) is 0 Å². The molecule has 0 spiro atoms. The van der Waals surface area contributed by atoms with Crippen LogP contribution >= 0.6 is 0 Å². The maximum atomic E-state index is 11.8. The molecule has 0 heterocycles. The Labute approximate surface area is 99.5 Å². The fourth-order valence-corrected chi connectivity index (χ4v) is 2.57.